The van der Waals surface area contributed by atoms with Crippen LogP contribution in [-0.2, 0) is 11.3 Å². The summed E-state index contributed by atoms with van der Waals surface area (Å²) in [4.78, 5) is 6.26. The molecule has 1 aliphatic rings. The summed E-state index contributed by atoms with van der Waals surface area (Å²) in [5, 5.41) is 13.9. The average Bonchev–Trinajstić information content (AvgIpc) is 3.05. The van der Waals surface area contributed by atoms with E-state index in [-0.39, 0.29) is 13.2 Å². The summed E-state index contributed by atoms with van der Waals surface area (Å²) in [6, 6.07) is 7.31. The first-order valence-electron chi connectivity index (χ1n) is 8.32. The van der Waals surface area contributed by atoms with Gasteiger partial charge in [0, 0.05) is 19.6 Å². The highest BCUT2D eigenvalue weighted by molar-refractivity contribution is 5.39. The van der Waals surface area contributed by atoms with Gasteiger partial charge in [-0.1, -0.05) is 17.3 Å². The van der Waals surface area contributed by atoms with Gasteiger partial charge < -0.3 is 23.8 Å². The number of aliphatic hydroxyl groups excluding tert-OH is 1. The van der Waals surface area contributed by atoms with Gasteiger partial charge in [0.05, 0.1) is 13.2 Å². The lowest BCUT2D eigenvalue weighted by Gasteiger charge is -2.28. The second-order valence-electron chi connectivity index (χ2n) is 5.85. The third-order valence-electron chi connectivity index (χ3n) is 3.77. The van der Waals surface area contributed by atoms with Gasteiger partial charge in [0.1, 0.15) is 12.7 Å². The van der Waals surface area contributed by atoms with Crippen LogP contribution in [0.4, 0.5) is 0 Å². The fourth-order valence-corrected chi connectivity index (χ4v) is 2.55. The van der Waals surface area contributed by atoms with Gasteiger partial charge in [0.15, 0.2) is 23.9 Å². The zero-order valence-corrected chi connectivity index (χ0v) is 14.3. The molecule has 0 aliphatic carbocycles. The van der Waals surface area contributed by atoms with Crippen LogP contribution in [0, 0.1) is 6.92 Å². The van der Waals surface area contributed by atoms with Gasteiger partial charge in [-0.3, -0.25) is 4.90 Å². The maximum atomic E-state index is 10.2. The smallest absolute Gasteiger partial charge is 0.264 e. The molecule has 1 aliphatic heterocycles. The highest BCUT2D eigenvalue weighted by Gasteiger charge is 2.16. The quantitative estimate of drug-likeness (QED) is 0.756. The highest BCUT2D eigenvalue weighted by Crippen LogP contribution is 2.27. The van der Waals surface area contributed by atoms with Crippen LogP contribution in [0.25, 0.3) is 0 Å². The van der Waals surface area contributed by atoms with Crippen LogP contribution in [0.15, 0.2) is 28.8 Å². The molecule has 1 aromatic heterocycles. The van der Waals surface area contributed by atoms with E-state index < -0.39 is 6.10 Å². The lowest BCUT2D eigenvalue weighted by molar-refractivity contribution is 0.00436. The van der Waals surface area contributed by atoms with Crippen LogP contribution >= 0.6 is 0 Å². The third-order valence-corrected chi connectivity index (χ3v) is 3.77. The Morgan fingerprint density at radius 2 is 1.92 bits per heavy atom. The van der Waals surface area contributed by atoms with Gasteiger partial charge in [-0.15, -0.1) is 0 Å². The normalized spacial score (nSPS) is 16.6. The Morgan fingerprint density at radius 3 is 2.60 bits per heavy atom. The predicted molar refractivity (Wildman–Crippen MR) is 88.6 cm³/mol. The van der Waals surface area contributed by atoms with E-state index in [4.69, 9.17) is 18.7 Å². The number of aryl methyl sites for hydroxylation is 1. The van der Waals surface area contributed by atoms with Crippen LogP contribution in [-0.4, -0.2) is 65.7 Å². The van der Waals surface area contributed by atoms with Gasteiger partial charge in [-0.25, -0.2) is 0 Å². The molecule has 1 saturated heterocycles. The Hall–Kier alpha value is -2.16. The molecule has 0 unspecified atom stereocenters. The molecule has 1 fully saturated rings. The van der Waals surface area contributed by atoms with Crippen molar-refractivity contribution in [2.75, 3.05) is 39.5 Å². The summed E-state index contributed by atoms with van der Waals surface area (Å²) in [5.41, 5.74) is 0. The Morgan fingerprint density at radius 1 is 1.20 bits per heavy atom. The molecule has 136 valence electrons. The van der Waals surface area contributed by atoms with E-state index in [2.05, 4.69) is 15.0 Å². The van der Waals surface area contributed by atoms with Crippen LogP contribution in [0.1, 0.15) is 11.7 Å². The van der Waals surface area contributed by atoms with Crippen LogP contribution in [0.2, 0.25) is 0 Å². The predicted octanol–water partition coefficient (Wildman–Crippen LogP) is 1.03. The Kier molecular flexibility index (Phi) is 6.21. The van der Waals surface area contributed by atoms with Crippen molar-refractivity contribution >= 4 is 0 Å². The number of aliphatic hydroxyl groups is 1. The van der Waals surface area contributed by atoms with Gasteiger partial charge in [0.25, 0.3) is 5.89 Å². The lowest BCUT2D eigenvalue weighted by atomic mass is 10.3. The molecule has 8 nitrogen and oxygen atoms in total. The minimum Gasteiger partial charge on any atom is -0.487 e. The van der Waals surface area contributed by atoms with Crippen LogP contribution in [0.5, 0.6) is 11.5 Å². The molecule has 0 saturated carbocycles. The van der Waals surface area contributed by atoms with Gasteiger partial charge in [-0.05, 0) is 19.1 Å². The summed E-state index contributed by atoms with van der Waals surface area (Å²) in [6.45, 7) is 5.75. The highest BCUT2D eigenvalue weighted by atomic mass is 16.5. The van der Waals surface area contributed by atoms with E-state index in [1.807, 2.05) is 12.1 Å². The summed E-state index contributed by atoms with van der Waals surface area (Å²) < 4.78 is 21.8. The van der Waals surface area contributed by atoms with Crippen LogP contribution in [0.3, 0.4) is 0 Å². The largest absolute Gasteiger partial charge is 0.487 e. The first-order chi connectivity index (χ1) is 12.2. The number of morpholine rings is 1. The van der Waals surface area contributed by atoms with Crippen molar-refractivity contribution in [3.05, 3.63) is 36.0 Å². The SMILES string of the molecule is Cc1noc(COc2ccccc2OC[C@H](O)CN2CCOCC2)n1. The molecule has 0 spiro atoms. The van der Waals surface area contributed by atoms with Crippen molar-refractivity contribution in [2.24, 2.45) is 0 Å². The molecule has 1 N–H and O–H groups in total. The maximum Gasteiger partial charge on any atom is 0.264 e. The number of benzene rings is 1. The summed E-state index contributed by atoms with van der Waals surface area (Å²) in [6.07, 6.45) is -0.579. The average molecular weight is 349 g/mol. The molecule has 0 bridgehead atoms. The van der Waals surface area contributed by atoms with E-state index in [9.17, 15) is 5.11 Å². The van der Waals surface area contributed by atoms with Crippen LogP contribution < -0.4 is 9.47 Å². The maximum absolute atomic E-state index is 10.2. The van der Waals surface area contributed by atoms with Gasteiger partial charge >= 0.3 is 0 Å². The minimum absolute atomic E-state index is 0.164. The minimum atomic E-state index is -0.579. The summed E-state index contributed by atoms with van der Waals surface area (Å²) in [7, 11) is 0. The number of rotatable bonds is 8. The van der Waals surface area contributed by atoms with E-state index >= 15 is 0 Å². The molecule has 1 atom stereocenters. The number of β-amino-alcohol motifs (C(OH)–C–C–N with tert-alkyl or cyclic N) is 1. The number of ether oxygens (including phenoxy) is 3. The lowest BCUT2D eigenvalue weighted by Crippen LogP contribution is -2.42. The van der Waals surface area contributed by atoms with E-state index in [0.717, 1.165) is 13.1 Å². The van der Waals surface area contributed by atoms with E-state index in [1.54, 1.807) is 19.1 Å². The molecule has 2 aromatic rings. The van der Waals surface area contributed by atoms with Gasteiger partial charge in [0.2, 0.25) is 0 Å². The fourth-order valence-electron chi connectivity index (χ4n) is 2.55. The summed E-state index contributed by atoms with van der Waals surface area (Å²) in [5.74, 6) is 2.10. The number of para-hydroxylation sites is 2. The Balaban J connectivity index is 1.49. The standard InChI is InChI=1S/C17H23N3O5/c1-13-18-17(25-19-13)12-24-16-5-3-2-4-15(16)23-11-14(21)10-20-6-8-22-9-7-20/h2-5,14,21H,6-12H2,1H3/t14-/m1/s1. The fraction of sp³-hybridized carbons (Fsp3) is 0.529. The number of hydrogen-bond acceptors (Lipinski definition) is 8. The molecule has 3 rings (SSSR count). The van der Waals surface area contributed by atoms with Crippen molar-refractivity contribution < 1.29 is 23.8 Å². The molecule has 1 aromatic carbocycles. The Bertz CT molecular complexity index is 657. The molecule has 2 heterocycles. The monoisotopic (exact) mass is 349 g/mol. The second-order valence-corrected chi connectivity index (χ2v) is 5.85. The number of hydrogen-bond donors (Lipinski definition) is 1. The van der Waals surface area contributed by atoms with Crippen molar-refractivity contribution in [1.82, 2.24) is 15.0 Å². The molecular formula is C17H23N3O5. The van der Waals surface area contributed by atoms with Crippen molar-refractivity contribution in [3.63, 3.8) is 0 Å². The zero-order valence-electron chi connectivity index (χ0n) is 14.3. The van der Waals surface area contributed by atoms with Crippen molar-refractivity contribution in [1.29, 1.82) is 0 Å². The zero-order chi connectivity index (χ0) is 17.5. The first-order valence-corrected chi connectivity index (χ1v) is 8.32. The Labute approximate surface area is 146 Å². The van der Waals surface area contributed by atoms with Crippen molar-refractivity contribution in [3.8, 4) is 11.5 Å². The summed E-state index contributed by atoms with van der Waals surface area (Å²) >= 11 is 0. The molecular weight excluding hydrogens is 326 g/mol. The first kappa shape index (κ1) is 17.7. The number of aromatic nitrogens is 2. The molecule has 25 heavy (non-hydrogen) atoms. The molecule has 0 amide bonds. The van der Waals surface area contributed by atoms with Crippen molar-refractivity contribution in [2.45, 2.75) is 19.6 Å². The van der Waals surface area contributed by atoms with Gasteiger partial charge in [-0.2, -0.15) is 4.98 Å². The molecule has 8 heteroatoms. The number of nitrogens with zero attached hydrogens (tertiary/aromatic N) is 3. The molecule has 0 radical (unpaired) electrons. The van der Waals surface area contributed by atoms with E-state index in [1.165, 1.54) is 0 Å². The topological polar surface area (TPSA) is 90.1 Å². The van der Waals surface area contributed by atoms with E-state index in [0.29, 0.717) is 43.0 Å². The second kappa shape index (κ2) is 8.80. The third kappa shape index (κ3) is 5.42.